The van der Waals surface area contributed by atoms with Gasteiger partial charge in [0.1, 0.15) is 5.75 Å². The van der Waals surface area contributed by atoms with Crippen molar-refractivity contribution in [2.45, 2.75) is 38.6 Å². The zero-order chi connectivity index (χ0) is 19.1. The molecule has 0 radical (unpaired) electrons. The lowest BCUT2D eigenvalue weighted by Gasteiger charge is -2.29. The molecule has 3 rings (SSSR count). The van der Waals surface area contributed by atoms with E-state index in [-0.39, 0.29) is 24.5 Å². The highest BCUT2D eigenvalue weighted by atomic mass is 16.5. The summed E-state index contributed by atoms with van der Waals surface area (Å²) in [4.78, 5) is 24.8. The van der Waals surface area contributed by atoms with Gasteiger partial charge in [-0.25, -0.2) is 0 Å². The highest BCUT2D eigenvalue weighted by Gasteiger charge is 2.23. The summed E-state index contributed by atoms with van der Waals surface area (Å²) in [7, 11) is 0. The van der Waals surface area contributed by atoms with Crippen molar-refractivity contribution in [1.29, 1.82) is 0 Å². The predicted molar refractivity (Wildman–Crippen MR) is 106 cm³/mol. The van der Waals surface area contributed by atoms with Gasteiger partial charge in [0.25, 0.3) is 11.8 Å². The van der Waals surface area contributed by atoms with Gasteiger partial charge >= 0.3 is 0 Å². The summed E-state index contributed by atoms with van der Waals surface area (Å²) in [6.45, 7) is 2.08. The molecule has 0 bridgehead atoms. The Balaban J connectivity index is 1.58. The van der Waals surface area contributed by atoms with E-state index < -0.39 is 0 Å². The number of para-hydroxylation sites is 2. The lowest BCUT2D eigenvalue weighted by atomic mass is 9.86. The third-order valence-corrected chi connectivity index (χ3v) is 4.98. The Bertz CT molecular complexity index is 776. The molecule has 27 heavy (non-hydrogen) atoms. The monoisotopic (exact) mass is 366 g/mol. The number of rotatable bonds is 6. The molecule has 2 N–H and O–H groups in total. The Morgan fingerprint density at radius 3 is 2.48 bits per heavy atom. The minimum Gasteiger partial charge on any atom is -0.483 e. The van der Waals surface area contributed by atoms with Crippen LogP contribution in [0.2, 0.25) is 0 Å². The quantitative estimate of drug-likeness (QED) is 0.812. The van der Waals surface area contributed by atoms with Crippen molar-refractivity contribution in [3.8, 4) is 5.75 Å². The van der Waals surface area contributed by atoms with Gasteiger partial charge in [-0.15, -0.1) is 0 Å². The minimum absolute atomic E-state index is 0.0984. The average molecular weight is 366 g/mol. The number of anilines is 1. The van der Waals surface area contributed by atoms with Crippen LogP contribution in [0, 0.1) is 5.92 Å². The van der Waals surface area contributed by atoms with Crippen LogP contribution in [0.15, 0.2) is 54.6 Å². The summed E-state index contributed by atoms with van der Waals surface area (Å²) in [5.41, 5.74) is 1.11. The van der Waals surface area contributed by atoms with E-state index in [4.69, 9.17) is 4.74 Å². The second-order valence-corrected chi connectivity index (χ2v) is 7.04. The molecule has 0 spiro atoms. The lowest BCUT2D eigenvalue weighted by molar-refractivity contribution is -0.124. The topological polar surface area (TPSA) is 67.4 Å². The highest BCUT2D eigenvalue weighted by molar-refractivity contribution is 6.06. The van der Waals surface area contributed by atoms with Gasteiger partial charge in [-0.3, -0.25) is 9.59 Å². The van der Waals surface area contributed by atoms with Crippen LogP contribution >= 0.6 is 0 Å². The predicted octanol–water partition coefficient (Wildman–Crippen LogP) is 4.01. The molecule has 2 aromatic rings. The van der Waals surface area contributed by atoms with Gasteiger partial charge in [0.2, 0.25) is 0 Å². The number of hydrogen-bond donors (Lipinski definition) is 2. The molecule has 0 saturated heterocycles. The summed E-state index contributed by atoms with van der Waals surface area (Å²) in [6.07, 6.45) is 4.55. The van der Waals surface area contributed by atoms with Crippen molar-refractivity contribution in [1.82, 2.24) is 5.32 Å². The van der Waals surface area contributed by atoms with Crippen LogP contribution in [-0.4, -0.2) is 24.5 Å². The lowest BCUT2D eigenvalue weighted by Crippen LogP contribution is -2.43. The normalized spacial score (nSPS) is 19.1. The third kappa shape index (κ3) is 5.33. The summed E-state index contributed by atoms with van der Waals surface area (Å²) < 4.78 is 5.66. The van der Waals surface area contributed by atoms with Crippen molar-refractivity contribution in [3.63, 3.8) is 0 Å². The number of ether oxygens (including phenoxy) is 1. The Labute approximate surface area is 160 Å². The van der Waals surface area contributed by atoms with Gasteiger partial charge in [0.15, 0.2) is 6.61 Å². The van der Waals surface area contributed by atoms with E-state index in [9.17, 15) is 9.59 Å². The van der Waals surface area contributed by atoms with Crippen molar-refractivity contribution in [3.05, 3.63) is 60.2 Å². The molecule has 2 atom stereocenters. The zero-order valence-corrected chi connectivity index (χ0v) is 15.6. The molecule has 0 aliphatic heterocycles. The van der Waals surface area contributed by atoms with E-state index in [2.05, 4.69) is 17.6 Å². The van der Waals surface area contributed by atoms with Crippen LogP contribution in [0.4, 0.5) is 5.69 Å². The average Bonchev–Trinajstić information content (AvgIpc) is 2.69. The number of carbonyl (C=O) groups is 2. The Morgan fingerprint density at radius 2 is 1.70 bits per heavy atom. The SMILES string of the molecule is CC1CCCCC1NC(=O)COc1ccccc1C(=O)Nc1ccccc1. The molecule has 1 fully saturated rings. The second-order valence-electron chi connectivity index (χ2n) is 7.04. The first kappa shape index (κ1) is 19.0. The van der Waals surface area contributed by atoms with Crippen molar-refractivity contribution in [2.75, 3.05) is 11.9 Å². The van der Waals surface area contributed by atoms with Crippen molar-refractivity contribution < 1.29 is 14.3 Å². The van der Waals surface area contributed by atoms with Crippen molar-refractivity contribution >= 4 is 17.5 Å². The van der Waals surface area contributed by atoms with E-state index in [0.717, 1.165) is 19.3 Å². The third-order valence-electron chi connectivity index (χ3n) is 4.98. The number of nitrogens with one attached hydrogen (secondary N) is 2. The molecule has 2 aromatic carbocycles. The molecular weight excluding hydrogens is 340 g/mol. The molecule has 1 aliphatic rings. The van der Waals surface area contributed by atoms with E-state index in [0.29, 0.717) is 22.9 Å². The molecule has 0 aromatic heterocycles. The van der Waals surface area contributed by atoms with Crippen LogP contribution in [0.5, 0.6) is 5.75 Å². The number of amides is 2. The molecule has 5 nitrogen and oxygen atoms in total. The first-order valence-corrected chi connectivity index (χ1v) is 9.51. The first-order chi connectivity index (χ1) is 13.1. The molecular formula is C22H26N2O3. The smallest absolute Gasteiger partial charge is 0.259 e. The van der Waals surface area contributed by atoms with Gasteiger partial charge in [-0.05, 0) is 43.0 Å². The molecule has 1 aliphatic carbocycles. The largest absolute Gasteiger partial charge is 0.483 e. The van der Waals surface area contributed by atoms with Crippen LogP contribution in [-0.2, 0) is 4.79 Å². The molecule has 2 amide bonds. The second kappa shape index (κ2) is 9.21. The minimum atomic E-state index is -0.266. The van der Waals surface area contributed by atoms with Gasteiger partial charge < -0.3 is 15.4 Å². The highest BCUT2D eigenvalue weighted by Crippen LogP contribution is 2.24. The summed E-state index contributed by atoms with van der Waals surface area (Å²) >= 11 is 0. The summed E-state index contributed by atoms with van der Waals surface area (Å²) in [5, 5.41) is 5.90. The van der Waals surface area contributed by atoms with Gasteiger partial charge in [-0.1, -0.05) is 50.1 Å². The fourth-order valence-electron chi connectivity index (χ4n) is 3.42. The maximum Gasteiger partial charge on any atom is 0.259 e. The van der Waals surface area contributed by atoms with Gasteiger partial charge in [-0.2, -0.15) is 0 Å². The fourth-order valence-corrected chi connectivity index (χ4v) is 3.42. The van der Waals surface area contributed by atoms with Gasteiger partial charge in [0, 0.05) is 11.7 Å². The first-order valence-electron chi connectivity index (χ1n) is 9.51. The van der Waals surface area contributed by atoms with Crippen molar-refractivity contribution in [2.24, 2.45) is 5.92 Å². The van der Waals surface area contributed by atoms with Crippen LogP contribution in [0.3, 0.4) is 0 Å². The maximum absolute atomic E-state index is 12.5. The summed E-state index contributed by atoms with van der Waals surface area (Å²) in [5.74, 6) is 0.481. The fraction of sp³-hybridized carbons (Fsp3) is 0.364. The number of carbonyl (C=O) groups excluding carboxylic acids is 2. The standard InChI is InChI=1S/C22H26N2O3/c1-16-9-5-7-13-19(16)24-21(25)15-27-20-14-8-6-12-18(20)22(26)23-17-10-3-2-4-11-17/h2-4,6,8,10-12,14,16,19H,5,7,9,13,15H2,1H3,(H,23,26)(H,24,25). The molecule has 142 valence electrons. The van der Waals surface area contributed by atoms with Crippen LogP contribution in [0.1, 0.15) is 43.0 Å². The molecule has 5 heteroatoms. The zero-order valence-electron chi connectivity index (χ0n) is 15.6. The van der Waals surface area contributed by atoms with Crippen LogP contribution < -0.4 is 15.4 Å². The van der Waals surface area contributed by atoms with E-state index in [1.165, 1.54) is 6.42 Å². The van der Waals surface area contributed by atoms with Gasteiger partial charge in [0.05, 0.1) is 5.56 Å². The van der Waals surface area contributed by atoms with Crippen LogP contribution in [0.25, 0.3) is 0 Å². The number of benzene rings is 2. The van der Waals surface area contributed by atoms with E-state index in [1.807, 2.05) is 30.3 Å². The Morgan fingerprint density at radius 1 is 1.00 bits per heavy atom. The molecule has 1 saturated carbocycles. The summed E-state index contributed by atoms with van der Waals surface area (Å²) in [6, 6.07) is 16.4. The molecule has 0 heterocycles. The molecule has 2 unspecified atom stereocenters. The maximum atomic E-state index is 12.5. The van der Waals surface area contributed by atoms with E-state index in [1.54, 1.807) is 24.3 Å². The Kier molecular flexibility index (Phi) is 6.47. The van der Waals surface area contributed by atoms with E-state index >= 15 is 0 Å². The number of hydrogen-bond acceptors (Lipinski definition) is 3. The Hall–Kier alpha value is -2.82.